The minimum Gasteiger partial charge on any atom is -0.360 e. The van der Waals surface area contributed by atoms with Crippen LogP contribution in [0, 0.1) is 6.92 Å². The van der Waals surface area contributed by atoms with Crippen LogP contribution in [-0.2, 0) is 4.79 Å². The van der Waals surface area contributed by atoms with Crippen LogP contribution in [-0.4, -0.2) is 44.5 Å². The molecule has 1 saturated heterocycles. The van der Waals surface area contributed by atoms with Crippen LogP contribution in [0.3, 0.4) is 0 Å². The maximum Gasteiger partial charge on any atom is 0.303 e. The van der Waals surface area contributed by atoms with Crippen molar-refractivity contribution in [1.29, 1.82) is 0 Å². The third-order valence-electron chi connectivity index (χ3n) is 5.10. The lowest BCUT2D eigenvalue weighted by Crippen LogP contribution is -3.16. The summed E-state index contributed by atoms with van der Waals surface area (Å²) in [5, 5.41) is 0. The summed E-state index contributed by atoms with van der Waals surface area (Å²) < 4.78 is 0. The van der Waals surface area contributed by atoms with Crippen molar-refractivity contribution in [3.8, 4) is 0 Å². The lowest BCUT2D eigenvalue weighted by Gasteiger charge is -2.35. The average molecular weight is 336 g/mol. The van der Waals surface area contributed by atoms with Crippen molar-refractivity contribution in [2.75, 3.05) is 42.6 Å². The molecule has 2 aliphatic heterocycles. The molecule has 2 heterocycles. The molecule has 2 aromatic rings. The summed E-state index contributed by atoms with van der Waals surface area (Å²) in [5.41, 5.74) is 3.56. The first kappa shape index (κ1) is 15.8. The molecule has 0 atom stereocenters. The van der Waals surface area contributed by atoms with Crippen LogP contribution >= 0.6 is 0 Å². The van der Waals surface area contributed by atoms with Gasteiger partial charge in [-0.2, -0.15) is 0 Å². The summed E-state index contributed by atoms with van der Waals surface area (Å²) in [6, 6.07) is 16.1. The molecule has 5 heteroatoms. The Kier molecular flexibility index (Phi) is 4.01. The monoisotopic (exact) mass is 336 g/mol. The van der Waals surface area contributed by atoms with Crippen LogP contribution in [0.15, 0.2) is 48.5 Å². The first-order valence-corrected chi connectivity index (χ1v) is 8.74. The number of benzene rings is 2. The van der Waals surface area contributed by atoms with Crippen molar-refractivity contribution in [3.05, 3.63) is 59.7 Å². The molecule has 0 spiro atoms. The first-order chi connectivity index (χ1) is 12.1. The van der Waals surface area contributed by atoms with Gasteiger partial charge in [0.1, 0.15) is 0 Å². The van der Waals surface area contributed by atoms with Crippen molar-refractivity contribution < 1.29 is 14.5 Å². The second-order valence-corrected chi connectivity index (χ2v) is 6.81. The van der Waals surface area contributed by atoms with Gasteiger partial charge in [0.25, 0.3) is 5.78 Å². The molecule has 4 rings (SSSR count). The smallest absolute Gasteiger partial charge is 0.303 e. The topological polar surface area (TPSA) is 45.1 Å². The zero-order valence-electron chi connectivity index (χ0n) is 14.4. The zero-order chi connectivity index (χ0) is 17.4. The zero-order valence-corrected chi connectivity index (χ0v) is 14.4. The Labute approximate surface area is 147 Å². The highest BCUT2D eigenvalue weighted by molar-refractivity contribution is 6.52. The van der Waals surface area contributed by atoms with Gasteiger partial charge in [0, 0.05) is 5.69 Å². The van der Waals surface area contributed by atoms with E-state index >= 15 is 0 Å². The molecule has 2 aliphatic rings. The van der Waals surface area contributed by atoms with E-state index < -0.39 is 5.91 Å². The lowest BCUT2D eigenvalue weighted by atomic mass is 10.1. The normalized spacial score (nSPS) is 18.0. The average Bonchev–Trinajstić information content (AvgIpc) is 2.88. The van der Waals surface area contributed by atoms with Crippen LogP contribution in [0.4, 0.5) is 11.4 Å². The van der Waals surface area contributed by atoms with E-state index in [1.165, 1.54) is 10.6 Å². The van der Waals surface area contributed by atoms with Gasteiger partial charge in [0.2, 0.25) is 0 Å². The number of quaternary nitrogens is 1. The summed E-state index contributed by atoms with van der Waals surface area (Å²) in [5.74, 6) is -0.764. The van der Waals surface area contributed by atoms with Gasteiger partial charge in [-0.25, -0.2) is 0 Å². The molecule has 0 aliphatic carbocycles. The third-order valence-corrected chi connectivity index (χ3v) is 5.10. The van der Waals surface area contributed by atoms with Gasteiger partial charge in [-0.05, 0) is 31.2 Å². The van der Waals surface area contributed by atoms with Gasteiger partial charge in [-0.1, -0.05) is 29.8 Å². The fourth-order valence-corrected chi connectivity index (χ4v) is 3.67. The molecule has 1 amide bonds. The second kappa shape index (κ2) is 6.33. The van der Waals surface area contributed by atoms with E-state index in [-0.39, 0.29) is 5.78 Å². The number of anilines is 2. The Morgan fingerprint density at radius 2 is 1.72 bits per heavy atom. The number of carbonyl (C=O) groups is 2. The Balaban J connectivity index is 1.44. The highest BCUT2D eigenvalue weighted by atomic mass is 16.2. The maximum atomic E-state index is 12.4. The number of carbonyl (C=O) groups excluding carboxylic acids is 2. The molecular weight excluding hydrogens is 314 g/mol. The van der Waals surface area contributed by atoms with E-state index in [9.17, 15) is 9.59 Å². The number of amides is 1. The Hall–Kier alpha value is -2.66. The Bertz CT molecular complexity index is 811. The molecule has 0 bridgehead atoms. The van der Waals surface area contributed by atoms with Gasteiger partial charge in [-0.3, -0.25) is 14.5 Å². The van der Waals surface area contributed by atoms with Crippen LogP contribution in [0.5, 0.6) is 0 Å². The third kappa shape index (κ3) is 2.91. The second-order valence-electron chi connectivity index (χ2n) is 6.81. The largest absolute Gasteiger partial charge is 0.360 e. The summed E-state index contributed by atoms with van der Waals surface area (Å²) in [6.07, 6.45) is 0. The number of hydrogen-bond acceptors (Lipinski definition) is 3. The molecular formula is C20H22N3O2+. The van der Waals surface area contributed by atoms with E-state index in [0.717, 1.165) is 37.4 Å². The molecule has 25 heavy (non-hydrogen) atoms. The fourth-order valence-electron chi connectivity index (χ4n) is 3.67. The summed E-state index contributed by atoms with van der Waals surface area (Å²) >= 11 is 0. The molecule has 0 radical (unpaired) electrons. The highest BCUT2D eigenvalue weighted by Crippen LogP contribution is 2.28. The standard InChI is InChI=1S/C20H21N3O2/c1-15-7-8-18-17(13-15)19(24)20(25)23(18)14-21-9-11-22(12-10-21)16-5-3-2-4-6-16/h2-8,13H,9-12,14H2,1H3/p+1. The molecule has 0 unspecified atom stereocenters. The van der Waals surface area contributed by atoms with Gasteiger partial charge in [0.15, 0.2) is 6.67 Å². The number of para-hydroxylation sites is 1. The van der Waals surface area contributed by atoms with Crippen LogP contribution in [0.1, 0.15) is 15.9 Å². The summed E-state index contributed by atoms with van der Waals surface area (Å²) in [7, 11) is 0. The maximum absolute atomic E-state index is 12.4. The number of Topliss-reactive ketones (excluding diaryl/α,β-unsaturated/α-hetero) is 1. The van der Waals surface area contributed by atoms with Crippen LogP contribution in [0.25, 0.3) is 0 Å². The number of hydrogen-bond donors (Lipinski definition) is 1. The van der Waals surface area contributed by atoms with E-state index in [0.29, 0.717) is 12.2 Å². The summed E-state index contributed by atoms with van der Waals surface area (Å²) in [4.78, 5) is 30.0. The fraction of sp³-hybridized carbons (Fsp3) is 0.300. The van der Waals surface area contributed by atoms with Gasteiger partial charge in [-0.15, -0.1) is 0 Å². The minimum absolute atomic E-state index is 0.374. The SMILES string of the molecule is Cc1ccc2c(c1)C(=O)C(=O)N2C[NH+]1CCN(c2ccccc2)CC1. The molecule has 128 valence electrons. The van der Waals surface area contributed by atoms with Gasteiger partial charge >= 0.3 is 5.91 Å². The molecule has 0 aromatic heterocycles. The van der Waals surface area contributed by atoms with E-state index in [1.54, 1.807) is 4.90 Å². The first-order valence-electron chi connectivity index (χ1n) is 8.74. The van der Waals surface area contributed by atoms with Crippen molar-refractivity contribution >= 4 is 23.1 Å². The number of nitrogens with one attached hydrogen (secondary N) is 1. The number of nitrogens with zero attached hydrogens (tertiary/aromatic N) is 2. The predicted molar refractivity (Wildman–Crippen MR) is 97.2 cm³/mol. The number of fused-ring (bicyclic) bond motifs is 1. The van der Waals surface area contributed by atoms with Crippen molar-refractivity contribution in [1.82, 2.24) is 0 Å². The quantitative estimate of drug-likeness (QED) is 0.847. The summed E-state index contributed by atoms with van der Waals surface area (Å²) in [6.45, 7) is 6.31. The Morgan fingerprint density at radius 1 is 1.00 bits per heavy atom. The van der Waals surface area contributed by atoms with Crippen LogP contribution < -0.4 is 14.7 Å². The molecule has 1 N–H and O–H groups in total. The van der Waals surface area contributed by atoms with Crippen molar-refractivity contribution in [3.63, 3.8) is 0 Å². The number of piperazine rings is 1. The van der Waals surface area contributed by atoms with Gasteiger partial charge < -0.3 is 9.80 Å². The van der Waals surface area contributed by atoms with E-state index in [2.05, 4.69) is 29.2 Å². The molecule has 0 saturated carbocycles. The van der Waals surface area contributed by atoms with E-state index in [1.807, 2.05) is 31.2 Å². The number of aryl methyl sites for hydroxylation is 1. The minimum atomic E-state index is -0.390. The van der Waals surface area contributed by atoms with E-state index in [4.69, 9.17) is 0 Å². The van der Waals surface area contributed by atoms with Crippen molar-refractivity contribution in [2.45, 2.75) is 6.92 Å². The highest BCUT2D eigenvalue weighted by Gasteiger charge is 2.38. The number of ketones is 1. The lowest BCUT2D eigenvalue weighted by molar-refractivity contribution is -0.899. The van der Waals surface area contributed by atoms with Crippen molar-refractivity contribution in [2.24, 2.45) is 0 Å². The molecule has 1 fully saturated rings. The predicted octanol–water partition coefficient (Wildman–Crippen LogP) is 0.887. The Morgan fingerprint density at radius 3 is 2.44 bits per heavy atom. The number of rotatable bonds is 3. The van der Waals surface area contributed by atoms with Crippen LogP contribution in [0.2, 0.25) is 0 Å². The molecule has 5 nitrogen and oxygen atoms in total. The van der Waals surface area contributed by atoms with Gasteiger partial charge in [0.05, 0.1) is 37.4 Å². The molecule has 2 aromatic carbocycles.